The third-order valence-electron chi connectivity index (χ3n) is 3.05. The number of carbonyl (C=O) groups is 1. The lowest BCUT2D eigenvalue weighted by Gasteiger charge is -2.01. The van der Waals surface area contributed by atoms with Gasteiger partial charge in [-0.3, -0.25) is 4.84 Å². The molecule has 0 N–H and O–H groups in total. The average molecular weight is 280 g/mol. The van der Waals surface area contributed by atoms with Crippen LogP contribution in [0.25, 0.3) is 0 Å². The highest BCUT2D eigenvalue weighted by molar-refractivity contribution is 5.88. The van der Waals surface area contributed by atoms with Gasteiger partial charge in [0, 0.05) is 16.9 Å². The zero-order valence-electron chi connectivity index (χ0n) is 12.6. The van der Waals surface area contributed by atoms with Crippen molar-refractivity contribution in [2.45, 2.75) is 52.4 Å². The Kier molecular flexibility index (Phi) is 8.43. The quantitative estimate of drug-likeness (QED) is 0.376. The summed E-state index contributed by atoms with van der Waals surface area (Å²) in [5, 5.41) is 0. The number of unbranched alkanes of at least 4 members (excludes halogenated alkanes) is 5. The van der Waals surface area contributed by atoms with Crippen molar-refractivity contribution in [1.82, 2.24) is 0 Å². The van der Waals surface area contributed by atoms with E-state index in [9.17, 15) is 4.79 Å². The molecule has 0 aliphatic rings. The summed E-state index contributed by atoms with van der Waals surface area (Å²) in [4.78, 5) is 17.0. The van der Waals surface area contributed by atoms with Crippen LogP contribution in [-0.2, 0) is 4.74 Å². The molecule has 0 spiro atoms. The van der Waals surface area contributed by atoms with Crippen LogP contribution in [0.15, 0.2) is 24.5 Å². The Labute approximate surface area is 121 Å². The first-order valence-electron chi connectivity index (χ1n) is 7.59. The maximum absolute atomic E-state index is 11.5. The number of aromatic nitrogens is 1. The predicted octanol–water partition coefficient (Wildman–Crippen LogP) is 2.94. The maximum Gasteiger partial charge on any atom is 0.338 e. The van der Waals surface area contributed by atoms with Crippen molar-refractivity contribution >= 4 is 5.97 Å². The third-order valence-corrected chi connectivity index (χ3v) is 3.05. The first-order chi connectivity index (χ1) is 9.77. The minimum atomic E-state index is -0.296. The van der Waals surface area contributed by atoms with Gasteiger partial charge in [0.2, 0.25) is 12.4 Å². The van der Waals surface area contributed by atoms with Crippen molar-refractivity contribution in [2.24, 2.45) is 0 Å². The molecule has 0 saturated carbocycles. The predicted molar refractivity (Wildman–Crippen MR) is 77.4 cm³/mol. The smallest absolute Gasteiger partial charge is 0.338 e. The van der Waals surface area contributed by atoms with E-state index in [1.807, 2.05) is 0 Å². The van der Waals surface area contributed by atoms with Crippen LogP contribution in [0.5, 0.6) is 0 Å². The highest BCUT2D eigenvalue weighted by Gasteiger charge is 2.09. The lowest BCUT2D eigenvalue weighted by Crippen LogP contribution is -2.42. The maximum atomic E-state index is 11.5. The van der Waals surface area contributed by atoms with Crippen molar-refractivity contribution in [3.63, 3.8) is 0 Å². The standard InChI is InChI=1S/C16H26NO3/c1-3-5-6-7-8-9-14-20-17-12-10-15(11-13-17)16(18)19-4-2/h10-13H,3-9,14H2,1-2H3/q+1. The molecule has 0 aromatic carbocycles. The van der Waals surface area contributed by atoms with Crippen LogP contribution in [-0.4, -0.2) is 19.2 Å². The molecule has 0 bridgehead atoms. The molecule has 1 heterocycles. The number of rotatable bonds is 10. The molecule has 0 amide bonds. The summed E-state index contributed by atoms with van der Waals surface area (Å²) in [5.74, 6) is -0.296. The Balaban J connectivity index is 2.20. The number of hydrogen-bond acceptors (Lipinski definition) is 3. The number of carbonyl (C=O) groups excluding carboxylic acids is 1. The van der Waals surface area contributed by atoms with Crippen molar-refractivity contribution in [2.75, 3.05) is 13.2 Å². The SMILES string of the molecule is CCCCCCCCO[n+]1ccc(C(=O)OCC)cc1. The van der Waals surface area contributed by atoms with Crippen LogP contribution in [0.3, 0.4) is 0 Å². The van der Waals surface area contributed by atoms with E-state index >= 15 is 0 Å². The van der Waals surface area contributed by atoms with Gasteiger partial charge in [-0.15, -0.1) is 0 Å². The van der Waals surface area contributed by atoms with Gasteiger partial charge in [0.15, 0.2) is 6.61 Å². The molecule has 1 rings (SSSR count). The Hall–Kier alpha value is -1.58. The van der Waals surface area contributed by atoms with Gasteiger partial charge in [-0.1, -0.05) is 32.6 Å². The highest BCUT2D eigenvalue weighted by Crippen LogP contribution is 2.04. The van der Waals surface area contributed by atoms with Gasteiger partial charge in [0.25, 0.3) is 0 Å². The molecule has 0 radical (unpaired) electrons. The largest absolute Gasteiger partial charge is 0.462 e. The highest BCUT2D eigenvalue weighted by atomic mass is 16.7. The van der Waals surface area contributed by atoms with Crippen LogP contribution in [0.4, 0.5) is 0 Å². The monoisotopic (exact) mass is 280 g/mol. The van der Waals surface area contributed by atoms with Gasteiger partial charge in [0.1, 0.15) is 0 Å². The summed E-state index contributed by atoms with van der Waals surface area (Å²) in [5.41, 5.74) is 0.547. The number of esters is 1. The molecular weight excluding hydrogens is 254 g/mol. The summed E-state index contributed by atoms with van der Waals surface area (Å²) in [7, 11) is 0. The van der Waals surface area contributed by atoms with Gasteiger partial charge in [0.05, 0.1) is 12.2 Å². The molecule has 0 atom stereocenters. The number of ether oxygens (including phenoxy) is 1. The van der Waals surface area contributed by atoms with E-state index in [4.69, 9.17) is 9.57 Å². The minimum absolute atomic E-state index is 0.296. The second-order valence-electron chi connectivity index (χ2n) is 4.77. The average Bonchev–Trinajstić information content (AvgIpc) is 2.47. The van der Waals surface area contributed by atoms with E-state index < -0.39 is 0 Å². The molecule has 4 heteroatoms. The molecule has 20 heavy (non-hydrogen) atoms. The van der Waals surface area contributed by atoms with Gasteiger partial charge < -0.3 is 4.74 Å². The van der Waals surface area contributed by atoms with Crippen LogP contribution in [0, 0.1) is 0 Å². The summed E-state index contributed by atoms with van der Waals surface area (Å²) in [6.07, 6.45) is 11.0. The van der Waals surface area contributed by atoms with Crippen molar-refractivity contribution < 1.29 is 19.1 Å². The summed E-state index contributed by atoms with van der Waals surface area (Å²) in [6.45, 7) is 5.11. The van der Waals surface area contributed by atoms with Crippen molar-refractivity contribution in [1.29, 1.82) is 0 Å². The van der Waals surface area contributed by atoms with E-state index in [-0.39, 0.29) is 5.97 Å². The zero-order valence-corrected chi connectivity index (χ0v) is 12.6. The fraction of sp³-hybridized carbons (Fsp3) is 0.625. The van der Waals surface area contributed by atoms with E-state index in [0.717, 1.165) is 6.42 Å². The van der Waals surface area contributed by atoms with Crippen molar-refractivity contribution in [3.8, 4) is 0 Å². The van der Waals surface area contributed by atoms with Crippen LogP contribution in [0.1, 0.15) is 62.7 Å². The second kappa shape index (κ2) is 10.2. The number of nitrogens with zero attached hydrogens (tertiary/aromatic N) is 1. The normalized spacial score (nSPS) is 10.3. The molecule has 1 aromatic heterocycles. The fourth-order valence-electron chi connectivity index (χ4n) is 1.90. The first-order valence-corrected chi connectivity index (χ1v) is 7.59. The van der Waals surface area contributed by atoms with E-state index in [1.165, 1.54) is 32.1 Å². The third kappa shape index (κ3) is 6.55. The Bertz CT molecular complexity index is 376. The summed E-state index contributed by atoms with van der Waals surface area (Å²) < 4.78 is 6.56. The second-order valence-corrected chi connectivity index (χ2v) is 4.77. The molecule has 0 saturated heterocycles. The van der Waals surface area contributed by atoms with E-state index in [1.54, 1.807) is 36.2 Å². The Morgan fingerprint density at radius 3 is 2.35 bits per heavy atom. The van der Waals surface area contributed by atoms with Crippen LogP contribution in [0.2, 0.25) is 0 Å². The van der Waals surface area contributed by atoms with Gasteiger partial charge >= 0.3 is 5.97 Å². The van der Waals surface area contributed by atoms with Crippen molar-refractivity contribution in [3.05, 3.63) is 30.1 Å². The molecule has 112 valence electrons. The van der Waals surface area contributed by atoms with E-state index in [2.05, 4.69) is 6.92 Å². The molecule has 0 aliphatic heterocycles. The fourth-order valence-corrected chi connectivity index (χ4v) is 1.90. The topological polar surface area (TPSA) is 39.4 Å². The molecule has 0 unspecified atom stereocenters. The molecule has 4 nitrogen and oxygen atoms in total. The first kappa shape index (κ1) is 16.5. The molecular formula is C16H26NO3+. The van der Waals surface area contributed by atoms with E-state index in [0.29, 0.717) is 18.8 Å². The van der Waals surface area contributed by atoms with Gasteiger partial charge in [-0.05, 0) is 19.8 Å². The molecule has 0 aliphatic carbocycles. The van der Waals surface area contributed by atoms with Gasteiger partial charge in [-0.2, -0.15) is 0 Å². The number of hydrogen-bond donors (Lipinski definition) is 0. The summed E-state index contributed by atoms with van der Waals surface area (Å²) >= 11 is 0. The molecule has 0 fully saturated rings. The summed E-state index contributed by atoms with van der Waals surface area (Å²) in [6, 6.07) is 3.42. The Morgan fingerprint density at radius 2 is 1.70 bits per heavy atom. The van der Waals surface area contributed by atoms with Crippen LogP contribution >= 0.6 is 0 Å². The minimum Gasteiger partial charge on any atom is -0.462 e. The number of pyridine rings is 1. The lowest BCUT2D eigenvalue weighted by molar-refractivity contribution is -0.891. The lowest BCUT2D eigenvalue weighted by atomic mass is 10.1. The van der Waals surface area contributed by atoms with Crippen LogP contribution < -0.4 is 9.57 Å². The van der Waals surface area contributed by atoms with Gasteiger partial charge in [-0.25, -0.2) is 4.79 Å². The molecule has 1 aromatic rings. The Morgan fingerprint density at radius 1 is 1.05 bits per heavy atom. The zero-order chi connectivity index (χ0) is 14.6.